The number of hydrogen-bond donors (Lipinski definition) is 1. The van der Waals surface area contributed by atoms with E-state index >= 15 is 0 Å². The third kappa shape index (κ3) is 3.29. The van der Waals surface area contributed by atoms with Gasteiger partial charge in [0.25, 0.3) is 5.91 Å². The fourth-order valence-electron chi connectivity index (χ4n) is 2.25. The standard InChI is InChI=1S/C13H18N2O4S/c1-20(18,19)15-8-4-7-14(9-10-15)13(17)11-5-2-3-6-12(11)16/h2-3,5-6,16H,4,7-10H2,1H3. The predicted molar refractivity (Wildman–Crippen MR) is 75.0 cm³/mol. The summed E-state index contributed by atoms with van der Waals surface area (Å²) < 4.78 is 24.4. The minimum absolute atomic E-state index is 0.0540. The molecule has 1 aromatic rings. The number of para-hydroxylation sites is 1. The summed E-state index contributed by atoms with van der Waals surface area (Å²) in [7, 11) is -3.23. The zero-order chi connectivity index (χ0) is 14.8. The average molecular weight is 298 g/mol. The molecule has 1 fully saturated rings. The Bertz CT molecular complexity index is 600. The van der Waals surface area contributed by atoms with Crippen LogP contribution in [-0.2, 0) is 10.0 Å². The molecule has 0 spiro atoms. The van der Waals surface area contributed by atoms with Crippen molar-refractivity contribution in [1.29, 1.82) is 0 Å². The summed E-state index contributed by atoms with van der Waals surface area (Å²) in [6.07, 6.45) is 1.76. The summed E-state index contributed by atoms with van der Waals surface area (Å²) in [6.45, 7) is 1.53. The number of hydrogen-bond acceptors (Lipinski definition) is 4. The van der Waals surface area contributed by atoms with E-state index in [1.807, 2.05) is 0 Å². The van der Waals surface area contributed by atoms with Gasteiger partial charge < -0.3 is 10.0 Å². The van der Waals surface area contributed by atoms with Gasteiger partial charge in [-0.3, -0.25) is 4.79 Å². The highest BCUT2D eigenvalue weighted by Crippen LogP contribution is 2.19. The maximum Gasteiger partial charge on any atom is 0.257 e. The summed E-state index contributed by atoms with van der Waals surface area (Å²) in [5.41, 5.74) is 0.250. The molecular formula is C13H18N2O4S. The van der Waals surface area contributed by atoms with Crippen molar-refractivity contribution >= 4 is 15.9 Å². The van der Waals surface area contributed by atoms with E-state index in [1.54, 1.807) is 23.1 Å². The van der Waals surface area contributed by atoms with E-state index in [-0.39, 0.29) is 23.8 Å². The first-order valence-electron chi connectivity index (χ1n) is 6.42. The van der Waals surface area contributed by atoms with Crippen LogP contribution in [0.15, 0.2) is 24.3 Å². The Hall–Kier alpha value is -1.60. The molecule has 0 aliphatic carbocycles. The molecule has 0 saturated carbocycles. The first-order chi connectivity index (χ1) is 9.39. The lowest BCUT2D eigenvalue weighted by Crippen LogP contribution is -2.36. The molecule has 1 heterocycles. The Kier molecular flexibility index (Phi) is 4.29. The van der Waals surface area contributed by atoms with Crippen LogP contribution >= 0.6 is 0 Å². The summed E-state index contributed by atoms with van der Waals surface area (Å²) in [5, 5.41) is 9.71. The molecule has 2 rings (SSSR count). The van der Waals surface area contributed by atoms with E-state index in [0.29, 0.717) is 26.1 Å². The van der Waals surface area contributed by atoms with Crippen LogP contribution < -0.4 is 0 Å². The molecular weight excluding hydrogens is 280 g/mol. The van der Waals surface area contributed by atoms with Crippen LogP contribution in [-0.4, -0.2) is 61.1 Å². The van der Waals surface area contributed by atoms with Crippen molar-refractivity contribution in [3.63, 3.8) is 0 Å². The number of carbonyl (C=O) groups is 1. The number of phenols is 1. The van der Waals surface area contributed by atoms with Crippen LogP contribution in [0.4, 0.5) is 0 Å². The third-order valence-electron chi connectivity index (χ3n) is 3.35. The molecule has 1 aliphatic heterocycles. The molecule has 0 atom stereocenters. The number of carbonyl (C=O) groups excluding carboxylic acids is 1. The van der Waals surface area contributed by atoms with Gasteiger partial charge >= 0.3 is 0 Å². The molecule has 1 aromatic carbocycles. The van der Waals surface area contributed by atoms with E-state index < -0.39 is 10.0 Å². The van der Waals surface area contributed by atoms with Crippen molar-refractivity contribution in [2.24, 2.45) is 0 Å². The van der Waals surface area contributed by atoms with Crippen molar-refractivity contribution < 1.29 is 18.3 Å². The minimum atomic E-state index is -3.23. The number of aromatic hydroxyl groups is 1. The second kappa shape index (κ2) is 5.80. The Morgan fingerprint density at radius 2 is 1.85 bits per heavy atom. The van der Waals surface area contributed by atoms with Gasteiger partial charge in [-0.1, -0.05) is 12.1 Å². The number of amides is 1. The van der Waals surface area contributed by atoms with Gasteiger partial charge in [-0.2, -0.15) is 0 Å². The van der Waals surface area contributed by atoms with Crippen LogP contribution in [0, 0.1) is 0 Å². The van der Waals surface area contributed by atoms with Crippen molar-refractivity contribution in [2.75, 3.05) is 32.4 Å². The number of rotatable bonds is 2. The molecule has 7 heteroatoms. The normalized spacial score (nSPS) is 17.8. The topological polar surface area (TPSA) is 77.9 Å². The first kappa shape index (κ1) is 14.8. The van der Waals surface area contributed by atoms with Crippen molar-refractivity contribution in [2.45, 2.75) is 6.42 Å². The molecule has 1 aliphatic rings. The molecule has 6 nitrogen and oxygen atoms in total. The smallest absolute Gasteiger partial charge is 0.257 e. The van der Waals surface area contributed by atoms with Crippen molar-refractivity contribution in [3.05, 3.63) is 29.8 Å². The van der Waals surface area contributed by atoms with Gasteiger partial charge in [-0.25, -0.2) is 12.7 Å². The zero-order valence-corrected chi connectivity index (χ0v) is 12.1. The van der Waals surface area contributed by atoms with Gasteiger partial charge in [-0.05, 0) is 18.6 Å². The molecule has 0 radical (unpaired) electrons. The van der Waals surface area contributed by atoms with Crippen LogP contribution in [0.2, 0.25) is 0 Å². The van der Waals surface area contributed by atoms with E-state index in [4.69, 9.17) is 0 Å². The fourth-order valence-corrected chi connectivity index (χ4v) is 3.13. The molecule has 0 bridgehead atoms. The molecule has 1 amide bonds. The quantitative estimate of drug-likeness (QED) is 0.862. The van der Waals surface area contributed by atoms with Crippen LogP contribution in [0.3, 0.4) is 0 Å². The molecule has 110 valence electrons. The lowest BCUT2D eigenvalue weighted by Gasteiger charge is -2.21. The summed E-state index contributed by atoms with van der Waals surface area (Å²) >= 11 is 0. The van der Waals surface area contributed by atoms with Gasteiger partial charge in [0.15, 0.2) is 0 Å². The molecule has 0 aromatic heterocycles. The molecule has 1 saturated heterocycles. The van der Waals surface area contributed by atoms with E-state index in [1.165, 1.54) is 16.6 Å². The SMILES string of the molecule is CS(=O)(=O)N1CCCN(C(=O)c2ccccc2O)CC1. The summed E-state index contributed by atoms with van der Waals surface area (Å²) in [4.78, 5) is 13.9. The summed E-state index contributed by atoms with van der Waals surface area (Å²) in [6, 6.07) is 6.37. The van der Waals surface area contributed by atoms with Gasteiger partial charge in [0.2, 0.25) is 10.0 Å². The predicted octanol–water partition coefficient (Wildman–Crippen LogP) is 0.500. The number of benzene rings is 1. The van der Waals surface area contributed by atoms with E-state index in [2.05, 4.69) is 0 Å². The highest BCUT2D eigenvalue weighted by atomic mass is 32.2. The Morgan fingerprint density at radius 1 is 1.15 bits per heavy atom. The lowest BCUT2D eigenvalue weighted by molar-refractivity contribution is 0.0761. The maximum atomic E-state index is 12.3. The molecule has 0 unspecified atom stereocenters. The highest BCUT2D eigenvalue weighted by molar-refractivity contribution is 7.88. The van der Waals surface area contributed by atoms with Crippen LogP contribution in [0.1, 0.15) is 16.8 Å². The molecule has 20 heavy (non-hydrogen) atoms. The van der Waals surface area contributed by atoms with E-state index in [0.717, 1.165) is 0 Å². The van der Waals surface area contributed by atoms with Crippen LogP contribution in [0.25, 0.3) is 0 Å². The largest absolute Gasteiger partial charge is 0.507 e. The highest BCUT2D eigenvalue weighted by Gasteiger charge is 2.25. The minimum Gasteiger partial charge on any atom is -0.507 e. The van der Waals surface area contributed by atoms with Crippen molar-refractivity contribution in [1.82, 2.24) is 9.21 Å². The van der Waals surface area contributed by atoms with Crippen LogP contribution in [0.5, 0.6) is 5.75 Å². The monoisotopic (exact) mass is 298 g/mol. The van der Waals surface area contributed by atoms with Gasteiger partial charge in [0.05, 0.1) is 11.8 Å². The van der Waals surface area contributed by atoms with Gasteiger partial charge in [0.1, 0.15) is 5.75 Å². The summed E-state index contributed by atoms with van der Waals surface area (Å²) in [5.74, 6) is -0.319. The maximum absolute atomic E-state index is 12.3. The van der Waals surface area contributed by atoms with Gasteiger partial charge in [0, 0.05) is 26.2 Å². The Morgan fingerprint density at radius 3 is 2.50 bits per heavy atom. The first-order valence-corrected chi connectivity index (χ1v) is 8.27. The van der Waals surface area contributed by atoms with Gasteiger partial charge in [-0.15, -0.1) is 0 Å². The number of phenolic OH excluding ortho intramolecular Hbond substituents is 1. The number of sulfonamides is 1. The molecule has 1 N–H and O–H groups in total. The Labute approximate surface area is 118 Å². The fraction of sp³-hybridized carbons (Fsp3) is 0.462. The third-order valence-corrected chi connectivity index (χ3v) is 4.65. The second-order valence-electron chi connectivity index (χ2n) is 4.82. The van der Waals surface area contributed by atoms with Crippen molar-refractivity contribution in [3.8, 4) is 5.75 Å². The zero-order valence-electron chi connectivity index (χ0n) is 11.3. The number of nitrogens with zero attached hydrogens (tertiary/aromatic N) is 2. The average Bonchev–Trinajstić information content (AvgIpc) is 2.63. The second-order valence-corrected chi connectivity index (χ2v) is 6.81. The Balaban J connectivity index is 2.11. The van der Waals surface area contributed by atoms with E-state index in [9.17, 15) is 18.3 Å². The lowest BCUT2D eigenvalue weighted by atomic mass is 10.1.